The van der Waals surface area contributed by atoms with Crippen LogP contribution in [0.5, 0.6) is 0 Å². The normalized spacial score (nSPS) is 9.40. The lowest BCUT2D eigenvalue weighted by atomic mass is 10.5. The van der Waals surface area contributed by atoms with Crippen LogP contribution >= 0.6 is 0 Å². The van der Waals surface area contributed by atoms with Crippen LogP contribution in [0.3, 0.4) is 0 Å². The zero-order chi connectivity index (χ0) is 7.40. The Bertz CT molecular complexity index is 188. The molecule has 0 spiro atoms. The molecule has 1 aromatic heterocycles. The number of pyridine rings is 1. The molecular weight excluding hydrogens is 128 g/mol. The molecule has 0 aromatic carbocycles. The molecule has 0 saturated heterocycles. The zero-order valence-electron chi connectivity index (χ0n) is 6.03. The minimum absolute atomic E-state index is 0.779. The van der Waals surface area contributed by atoms with Crippen LogP contribution in [0.1, 0.15) is 0 Å². The summed E-state index contributed by atoms with van der Waals surface area (Å²) in [6, 6.07) is 6.43. The quantitative estimate of drug-likeness (QED) is 0.566. The molecule has 0 fully saturated rings. The van der Waals surface area contributed by atoms with E-state index in [4.69, 9.17) is 4.84 Å². The van der Waals surface area contributed by atoms with Gasteiger partial charge in [0.2, 0.25) is 0 Å². The number of hydrogen-bond donors (Lipinski definition) is 0. The Morgan fingerprint density at radius 2 is 2.50 bits per heavy atom. The predicted octanol–water partition coefficient (Wildman–Crippen LogP) is 0.879. The molecule has 1 rings (SSSR count). The Morgan fingerprint density at radius 1 is 1.70 bits per heavy atom. The minimum Gasteiger partial charge on any atom is -0.276 e. The van der Waals surface area contributed by atoms with Crippen LogP contribution in [0.15, 0.2) is 18.3 Å². The van der Waals surface area contributed by atoms with Crippen molar-refractivity contribution in [3.05, 3.63) is 24.4 Å². The number of hydroxylamine groups is 1. The maximum Gasteiger partial charge on any atom is 0.152 e. The van der Waals surface area contributed by atoms with Gasteiger partial charge in [-0.05, 0) is 12.1 Å². The highest BCUT2D eigenvalue weighted by atomic mass is 16.7. The van der Waals surface area contributed by atoms with Crippen molar-refractivity contribution < 1.29 is 4.84 Å². The fourth-order valence-electron chi connectivity index (χ4n) is 0.592. The third-order valence-corrected chi connectivity index (χ3v) is 1.20. The summed E-state index contributed by atoms with van der Waals surface area (Å²) in [4.78, 5) is 8.89. The molecule has 53 valence electrons. The molecule has 0 amide bonds. The Morgan fingerprint density at radius 3 is 3.00 bits per heavy atom. The van der Waals surface area contributed by atoms with E-state index in [9.17, 15) is 0 Å². The maximum atomic E-state index is 4.89. The first-order valence-corrected chi connectivity index (χ1v) is 2.94. The van der Waals surface area contributed by atoms with Crippen LogP contribution in [-0.2, 0) is 4.84 Å². The van der Waals surface area contributed by atoms with Crippen LogP contribution in [0.2, 0.25) is 0 Å². The van der Waals surface area contributed by atoms with Gasteiger partial charge in [-0.3, -0.25) is 4.84 Å². The van der Waals surface area contributed by atoms with Crippen LogP contribution in [0.4, 0.5) is 5.82 Å². The lowest BCUT2D eigenvalue weighted by molar-refractivity contribution is 0.182. The van der Waals surface area contributed by atoms with Crippen molar-refractivity contribution in [2.75, 3.05) is 19.2 Å². The number of aromatic nitrogens is 1. The lowest BCUT2D eigenvalue weighted by Gasteiger charge is -2.12. The smallest absolute Gasteiger partial charge is 0.152 e. The van der Waals surface area contributed by atoms with E-state index >= 15 is 0 Å². The summed E-state index contributed by atoms with van der Waals surface area (Å²) in [5, 5.41) is 1.58. The highest BCUT2D eigenvalue weighted by Gasteiger charge is 1.95. The Labute approximate surface area is 60.2 Å². The minimum atomic E-state index is 0.779. The summed E-state index contributed by atoms with van der Waals surface area (Å²) < 4.78 is 0. The van der Waals surface area contributed by atoms with Crippen LogP contribution < -0.4 is 5.06 Å². The molecule has 3 heteroatoms. The molecule has 0 atom stereocenters. The molecule has 10 heavy (non-hydrogen) atoms. The van der Waals surface area contributed by atoms with Gasteiger partial charge in [-0.15, -0.1) is 0 Å². The summed E-state index contributed by atoms with van der Waals surface area (Å²) in [6.07, 6.45) is 1.60. The van der Waals surface area contributed by atoms with Crippen LogP contribution in [-0.4, -0.2) is 19.1 Å². The summed E-state index contributed by atoms with van der Waals surface area (Å²) in [5.41, 5.74) is 0. The molecule has 1 heterocycles. The molecule has 3 nitrogen and oxygen atoms in total. The van der Waals surface area contributed by atoms with E-state index in [-0.39, 0.29) is 0 Å². The van der Waals surface area contributed by atoms with Gasteiger partial charge in [0.15, 0.2) is 5.82 Å². The standard InChI is InChI=1S/C7H9N2O/c1-9(10-2)7-5-3-4-6-8-7/h3,5-6H,1-2H3. The van der Waals surface area contributed by atoms with Gasteiger partial charge < -0.3 is 0 Å². The fourth-order valence-corrected chi connectivity index (χ4v) is 0.592. The number of hydrogen-bond acceptors (Lipinski definition) is 3. The topological polar surface area (TPSA) is 25.4 Å². The number of nitrogens with zero attached hydrogens (tertiary/aromatic N) is 2. The molecule has 0 N–H and O–H groups in total. The van der Waals surface area contributed by atoms with Gasteiger partial charge in [0.05, 0.1) is 7.11 Å². The van der Waals surface area contributed by atoms with E-state index in [1.807, 2.05) is 6.07 Å². The monoisotopic (exact) mass is 137 g/mol. The first-order chi connectivity index (χ1) is 4.84. The maximum absolute atomic E-state index is 4.89. The van der Waals surface area contributed by atoms with Gasteiger partial charge in [-0.2, -0.15) is 0 Å². The molecule has 0 aliphatic rings. The highest BCUT2D eigenvalue weighted by molar-refractivity contribution is 5.32. The highest BCUT2D eigenvalue weighted by Crippen LogP contribution is 2.04. The van der Waals surface area contributed by atoms with E-state index in [2.05, 4.69) is 11.1 Å². The van der Waals surface area contributed by atoms with Crippen LogP contribution in [0.25, 0.3) is 0 Å². The molecule has 0 aliphatic heterocycles. The van der Waals surface area contributed by atoms with Crippen molar-refractivity contribution in [3.63, 3.8) is 0 Å². The summed E-state index contributed by atoms with van der Waals surface area (Å²) in [6.45, 7) is 0. The molecule has 1 aromatic rings. The second-order valence-corrected chi connectivity index (χ2v) is 1.80. The predicted molar refractivity (Wildman–Crippen MR) is 38.5 cm³/mol. The molecule has 0 saturated carbocycles. The average Bonchev–Trinajstić information content (AvgIpc) is 2.05. The third-order valence-electron chi connectivity index (χ3n) is 1.20. The largest absolute Gasteiger partial charge is 0.276 e. The van der Waals surface area contributed by atoms with Crippen molar-refractivity contribution >= 4 is 5.82 Å². The molecule has 1 radical (unpaired) electrons. The number of rotatable bonds is 2. The van der Waals surface area contributed by atoms with Gasteiger partial charge in [-0.1, -0.05) is 0 Å². The molecule has 0 bridgehead atoms. The van der Waals surface area contributed by atoms with Crippen molar-refractivity contribution in [1.29, 1.82) is 0 Å². The summed E-state index contributed by atoms with van der Waals surface area (Å²) in [5.74, 6) is 0.779. The second-order valence-electron chi connectivity index (χ2n) is 1.80. The Hall–Kier alpha value is -1.09. The summed E-state index contributed by atoms with van der Waals surface area (Å²) >= 11 is 0. The molecule has 0 aliphatic carbocycles. The average molecular weight is 137 g/mol. The van der Waals surface area contributed by atoms with Gasteiger partial charge >= 0.3 is 0 Å². The Kier molecular flexibility index (Phi) is 2.23. The van der Waals surface area contributed by atoms with E-state index < -0.39 is 0 Å². The van der Waals surface area contributed by atoms with Crippen molar-refractivity contribution in [1.82, 2.24) is 4.98 Å². The lowest BCUT2D eigenvalue weighted by Crippen LogP contribution is -2.15. The van der Waals surface area contributed by atoms with Gasteiger partial charge in [-0.25, -0.2) is 10.0 Å². The first-order valence-electron chi connectivity index (χ1n) is 2.94. The molecular formula is C7H9N2O. The summed E-state index contributed by atoms with van der Waals surface area (Å²) in [7, 11) is 3.39. The second kappa shape index (κ2) is 3.17. The zero-order valence-corrected chi connectivity index (χ0v) is 6.03. The SMILES string of the molecule is CON(C)c1cc[c]cn1. The first kappa shape index (κ1) is 7.02. The number of anilines is 1. The van der Waals surface area contributed by atoms with Crippen molar-refractivity contribution in [2.45, 2.75) is 0 Å². The fraction of sp³-hybridized carbons (Fsp3) is 0.286. The van der Waals surface area contributed by atoms with Gasteiger partial charge in [0.1, 0.15) is 0 Å². The molecule has 0 unspecified atom stereocenters. The van der Waals surface area contributed by atoms with E-state index in [0.717, 1.165) is 5.82 Å². The van der Waals surface area contributed by atoms with Gasteiger partial charge in [0, 0.05) is 19.3 Å². The van der Waals surface area contributed by atoms with Crippen LogP contribution in [0, 0.1) is 6.07 Å². The third kappa shape index (κ3) is 1.45. The van der Waals surface area contributed by atoms with E-state index in [1.165, 1.54) is 0 Å². The van der Waals surface area contributed by atoms with Gasteiger partial charge in [0.25, 0.3) is 0 Å². The van der Waals surface area contributed by atoms with E-state index in [1.54, 1.807) is 31.5 Å². The Balaban J connectivity index is 2.75. The van der Waals surface area contributed by atoms with Crippen molar-refractivity contribution in [3.8, 4) is 0 Å². The van der Waals surface area contributed by atoms with Crippen molar-refractivity contribution in [2.24, 2.45) is 0 Å². The van der Waals surface area contributed by atoms with E-state index in [0.29, 0.717) is 0 Å².